The summed E-state index contributed by atoms with van der Waals surface area (Å²) >= 11 is 0. The van der Waals surface area contributed by atoms with Crippen molar-refractivity contribution in [3.05, 3.63) is 29.8 Å². The lowest BCUT2D eigenvalue weighted by Crippen LogP contribution is -2.72. The Morgan fingerprint density at radius 2 is 1.80 bits per heavy atom. The van der Waals surface area contributed by atoms with Crippen LogP contribution in [0, 0.1) is 5.41 Å². The van der Waals surface area contributed by atoms with Gasteiger partial charge in [-0.3, -0.25) is 0 Å². The van der Waals surface area contributed by atoms with E-state index in [1.54, 1.807) is 12.1 Å². The van der Waals surface area contributed by atoms with Crippen LogP contribution in [-0.4, -0.2) is 37.9 Å². The Bertz CT molecular complexity index is 728. The quantitative estimate of drug-likeness (QED) is 0.394. The third-order valence-electron chi connectivity index (χ3n) is 5.14. The monoisotopic (exact) mass is 480 g/mol. The summed E-state index contributed by atoms with van der Waals surface area (Å²) in [5, 5.41) is 8.46. The zero-order chi connectivity index (χ0) is 18.2. The molecule has 0 spiro atoms. The number of aliphatic imine (C=N–C) groups is 1. The summed E-state index contributed by atoms with van der Waals surface area (Å²) < 4.78 is 22.6. The summed E-state index contributed by atoms with van der Waals surface area (Å²) in [6, 6.07) is 6.53. The van der Waals surface area contributed by atoms with Gasteiger partial charge in [0.15, 0.2) is 5.96 Å². The summed E-state index contributed by atoms with van der Waals surface area (Å²) in [6.45, 7) is 13.3. The van der Waals surface area contributed by atoms with Gasteiger partial charge < -0.3 is 10.2 Å². The molecule has 0 bridgehead atoms. The second-order valence-corrected chi connectivity index (χ2v) is 8.95. The molecule has 0 aliphatic carbocycles. The number of benzene rings is 1. The van der Waals surface area contributed by atoms with Gasteiger partial charge in [0.25, 0.3) is 0 Å². The van der Waals surface area contributed by atoms with Crippen molar-refractivity contribution in [3.8, 4) is 0 Å². The van der Waals surface area contributed by atoms with E-state index in [9.17, 15) is 8.42 Å². The number of nitrogens with zero attached hydrogens (tertiary/aromatic N) is 2. The molecule has 2 rings (SSSR count). The summed E-state index contributed by atoms with van der Waals surface area (Å²) in [7, 11) is -3.65. The first-order valence-corrected chi connectivity index (χ1v) is 9.71. The maximum atomic E-state index is 11.3. The molecule has 0 aromatic heterocycles. The average molecular weight is 480 g/mol. The minimum absolute atomic E-state index is 0. The van der Waals surface area contributed by atoms with Crippen LogP contribution in [0.1, 0.15) is 40.2 Å². The van der Waals surface area contributed by atoms with E-state index in [0.29, 0.717) is 6.54 Å². The van der Waals surface area contributed by atoms with Gasteiger partial charge in [0.05, 0.1) is 11.4 Å². The lowest BCUT2D eigenvalue weighted by atomic mass is 9.65. The number of hydrogen-bond acceptors (Lipinski definition) is 3. The lowest BCUT2D eigenvalue weighted by molar-refractivity contribution is -0.0667. The first kappa shape index (κ1) is 22.2. The van der Waals surface area contributed by atoms with Crippen LogP contribution in [-0.2, 0) is 16.6 Å². The predicted octanol–water partition coefficient (Wildman–Crippen LogP) is 2.54. The zero-order valence-electron chi connectivity index (χ0n) is 15.5. The molecule has 3 N–H and O–H groups in total. The van der Waals surface area contributed by atoms with Gasteiger partial charge >= 0.3 is 0 Å². The van der Waals surface area contributed by atoms with Gasteiger partial charge in [-0.1, -0.05) is 26.0 Å². The second-order valence-electron chi connectivity index (χ2n) is 7.39. The molecule has 0 amide bonds. The zero-order valence-corrected chi connectivity index (χ0v) is 18.7. The Hall–Kier alpha value is -0.870. The minimum Gasteiger partial charge on any atom is -0.356 e. The number of primary sulfonamides is 1. The minimum atomic E-state index is -3.65. The number of nitrogens with one attached hydrogen (secondary N) is 1. The van der Waals surface area contributed by atoms with Gasteiger partial charge in [-0.2, -0.15) is 0 Å². The van der Waals surface area contributed by atoms with E-state index in [1.165, 1.54) is 12.1 Å². The third kappa shape index (κ3) is 4.65. The maximum Gasteiger partial charge on any atom is 0.238 e. The Kier molecular flexibility index (Phi) is 6.91. The molecule has 0 atom stereocenters. The van der Waals surface area contributed by atoms with E-state index in [-0.39, 0.29) is 39.8 Å². The second kappa shape index (κ2) is 7.79. The maximum absolute atomic E-state index is 11.3. The standard InChI is InChI=1S/C17H28N4O2S.HI/c1-6-19-15(21-12-16(2,3)17(21,4)5)20-11-13-7-9-14(10-8-13)24(18,22)23;/h7-10H,6,11-12H2,1-5H3,(H,19,20)(H2,18,22,23);1H. The molecule has 0 saturated carbocycles. The first-order valence-electron chi connectivity index (χ1n) is 8.17. The van der Waals surface area contributed by atoms with Crippen molar-refractivity contribution >= 4 is 40.0 Å². The largest absolute Gasteiger partial charge is 0.356 e. The fourth-order valence-electron chi connectivity index (χ4n) is 2.75. The van der Waals surface area contributed by atoms with E-state index in [1.807, 2.05) is 6.92 Å². The average Bonchev–Trinajstić information content (AvgIpc) is 2.49. The smallest absolute Gasteiger partial charge is 0.238 e. The molecule has 1 aliphatic rings. The van der Waals surface area contributed by atoms with Crippen LogP contribution in [0.4, 0.5) is 0 Å². The number of guanidine groups is 1. The van der Waals surface area contributed by atoms with Crippen LogP contribution in [0.3, 0.4) is 0 Å². The van der Waals surface area contributed by atoms with Gasteiger partial charge in [-0.05, 0) is 38.5 Å². The Morgan fingerprint density at radius 3 is 2.20 bits per heavy atom. The van der Waals surface area contributed by atoms with Crippen molar-refractivity contribution in [3.63, 3.8) is 0 Å². The van der Waals surface area contributed by atoms with E-state index in [2.05, 4.69) is 37.9 Å². The molecule has 1 saturated heterocycles. The molecule has 1 heterocycles. The molecule has 1 aromatic rings. The van der Waals surface area contributed by atoms with Crippen molar-refractivity contribution in [1.82, 2.24) is 10.2 Å². The van der Waals surface area contributed by atoms with Crippen LogP contribution in [0.2, 0.25) is 0 Å². The van der Waals surface area contributed by atoms with E-state index >= 15 is 0 Å². The van der Waals surface area contributed by atoms with Gasteiger partial charge in [-0.25, -0.2) is 18.5 Å². The first-order chi connectivity index (χ1) is 11.0. The predicted molar refractivity (Wildman–Crippen MR) is 113 cm³/mol. The number of hydrogen-bond donors (Lipinski definition) is 2. The molecular formula is C17H29IN4O2S. The van der Waals surface area contributed by atoms with Gasteiger partial charge in [0.2, 0.25) is 10.0 Å². The lowest BCUT2D eigenvalue weighted by Gasteiger charge is -2.62. The van der Waals surface area contributed by atoms with Crippen molar-refractivity contribution in [1.29, 1.82) is 0 Å². The number of sulfonamides is 1. The number of rotatable bonds is 4. The normalized spacial score (nSPS) is 19.0. The fraction of sp³-hybridized carbons (Fsp3) is 0.588. The van der Waals surface area contributed by atoms with Crippen molar-refractivity contribution in [2.45, 2.75) is 51.6 Å². The highest BCUT2D eigenvalue weighted by molar-refractivity contribution is 14.0. The van der Waals surface area contributed by atoms with Crippen LogP contribution in [0.5, 0.6) is 0 Å². The molecule has 0 radical (unpaired) electrons. The molecule has 0 unspecified atom stereocenters. The Morgan fingerprint density at radius 1 is 1.24 bits per heavy atom. The van der Waals surface area contributed by atoms with Crippen LogP contribution < -0.4 is 10.5 Å². The molecular weight excluding hydrogens is 451 g/mol. The molecule has 25 heavy (non-hydrogen) atoms. The molecule has 142 valence electrons. The Labute approximate surface area is 168 Å². The molecule has 6 nitrogen and oxygen atoms in total. The summed E-state index contributed by atoms with van der Waals surface area (Å²) in [6.07, 6.45) is 0. The highest BCUT2D eigenvalue weighted by Gasteiger charge is 2.53. The van der Waals surface area contributed by atoms with E-state index in [4.69, 9.17) is 10.1 Å². The number of likely N-dealkylation sites (tertiary alicyclic amines) is 1. The van der Waals surface area contributed by atoms with Crippen LogP contribution in [0.25, 0.3) is 0 Å². The molecule has 1 aromatic carbocycles. The van der Waals surface area contributed by atoms with Crippen molar-refractivity contribution < 1.29 is 8.42 Å². The molecule has 8 heteroatoms. The van der Waals surface area contributed by atoms with Gasteiger partial charge in [0, 0.05) is 24.0 Å². The van der Waals surface area contributed by atoms with E-state index in [0.717, 1.165) is 24.6 Å². The van der Waals surface area contributed by atoms with Crippen LogP contribution in [0.15, 0.2) is 34.2 Å². The highest BCUT2D eigenvalue weighted by Crippen LogP contribution is 2.46. The number of halogens is 1. The fourth-order valence-corrected chi connectivity index (χ4v) is 3.26. The molecule has 1 aliphatic heterocycles. The SMILES string of the molecule is CCNC(=NCc1ccc(S(N)(=O)=O)cc1)N1CC(C)(C)C1(C)C.I. The van der Waals surface area contributed by atoms with Gasteiger partial charge in [0.1, 0.15) is 0 Å². The number of nitrogens with two attached hydrogens (primary N) is 1. The topological polar surface area (TPSA) is 87.8 Å². The summed E-state index contributed by atoms with van der Waals surface area (Å²) in [4.78, 5) is 7.11. The van der Waals surface area contributed by atoms with Crippen molar-refractivity contribution in [2.75, 3.05) is 13.1 Å². The summed E-state index contributed by atoms with van der Waals surface area (Å²) in [5.74, 6) is 0.886. The third-order valence-corrected chi connectivity index (χ3v) is 6.07. The highest BCUT2D eigenvalue weighted by atomic mass is 127. The van der Waals surface area contributed by atoms with Crippen molar-refractivity contribution in [2.24, 2.45) is 15.5 Å². The summed E-state index contributed by atoms with van der Waals surface area (Å²) in [5.41, 5.74) is 1.21. The van der Waals surface area contributed by atoms with E-state index < -0.39 is 10.0 Å². The molecule has 1 fully saturated rings. The van der Waals surface area contributed by atoms with Crippen LogP contribution >= 0.6 is 24.0 Å². The Balaban J connectivity index is 0.00000312. The van der Waals surface area contributed by atoms with Gasteiger partial charge in [-0.15, -0.1) is 24.0 Å².